The fraction of sp³-hybridized carbons (Fsp3) is 0.500. The highest BCUT2D eigenvalue weighted by Gasteiger charge is 2.51. The van der Waals surface area contributed by atoms with Crippen molar-refractivity contribution in [2.75, 3.05) is 6.54 Å². The summed E-state index contributed by atoms with van der Waals surface area (Å²) in [5.74, 6) is -0.549. The Morgan fingerprint density at radius 2 is 1.90 bits per heavy atom. The molecule has 2 saturated heterocycles. The van der Waals surface area contributed by atoms with Crippen LogP contribution in [-0.2, 0) is 14.4 Å². The van der Waals surface area contributed by atoms with Crippen LogP contribution in [0.5, 0.6) is 0 Å². The van der Waals surface area contributed by atoms with Crippen LogP contribution in [-0.4, -0.2) is 35.0 Å². The number of rotatable bonds is 0. The van der Waals surface area contributed by atoms with Crippen LogP contribution < -0.4 is 0 Å². The van der Waals surface area contributed by atoms with Gasteiger partial charge in [-0.05, 0) is 0 Å². The van der Waals surface area contributed by atoms with Gasteiger partial charge in [0.2, 0.25) is 5.91 Å². The molecule has 0 spiro atoms. The summed E-state index contributed by atoms with van der Waals surface area (Å²) in [6, 6.07) is -0.688. The molecule has 2 aliphatic heterocycles. The van der Waals surface area contributed by atoms with E-state index in [4.69, 9.17) is 0 Å². The first kappa shape index (κ1) is 5.58. The van der Waals surface area contributed by atoms with Gasteiger partial charge in [0.1, 0.15) is 0 Å². The highest BCUT2D eigenvalue weighted by Crippen LogP contribution is 2.23. The van der Waals surface area contributed by atoms with Crippen molar-refractivity contribution in [2.45, 2.75) is 12.5 Å². The number of hydrogen-bond acceptors (Lipinski definition) is 3. The Labute approximate surface area is 56.8 Å². The largest absolute Gasteiger partial charge is 0.318 e. The van der Waals surface area contributed by atoms with E-state index in [9.17, 15) is 14.4 Å². The number of ketones is 2. The van der Waals surface area contributed by atoms with Gasteiger partial charge >= 0.3 is 0 Å². The third kappa shape index (κ3) is 0.442. The average Bonchev–Trinajstić information content (AvgIpc) is 2.01. The highest BCUT2D eigenvalue weighted by molar-refractivity contribution is 6.24. The van der Waals surface area contributed by atoms with E-state index in [-0.39, 0.29) is 30.4 Å². The summed E-state index contributed by atoms with van der Waals surface area (Å²) in [6.07, 6.45) is -0.0730. The van der Waals surface area contributed by atoms with E-state index in [1.165, 1.54) is 4.90 Å². The Morgan fingerprint density at radius 3 is 2.30 bits per heavy atom. The first-order valence-corrected chi connectivity index (χ1v) is 3.05. The normalized spacial score (nSPS) is 30.6. The molecule has 0 bridgehead atoms. The average molecular weight is 139 g/mol. The lowest BCUT2D eigenvalue weighted by atomic mass is 10.0. The molecular formula is C6H5NO3. The fourth-order valence-electron chi connectivity index (χ4n) is 1.34. The number of carbonyl (C=O) groups is 3. The predicted molar refractivity (Wildman–Crippen MR) is 30.1 cm³/mol. The van der Waals surface area contributed by atoms with Crippen molar-refractivity contribution in [3.8, 4) is 0 Å². The zero-order valence-electron chi connectivity index (χ0n) is 5.16. The van der Waals surface area contributed by atoms with Gasteiger partial charge in [-0.25, -0.2) is 0 Å². The first-order chi connectivity index (χ1) is 4.70. The van der Waals surface area contributed by atoms with Crippen molar-refractivity contribution in [3.05, 3.63) is 0 Å². The lowest BCUT2D eigenvalue weighted by Gasteiger charge is -2.31. The maximum absolute atomic E-state index is 10.8. The van der Waals surface area contributed by atoms with Gasteiger partial charge in [-0.1, -0.05) is 0 Å². The molecule has 2 aliphatic rings. The van der Waals surface area contributed by atoms with Crippen LogP contribution in [0.25, 0.3) is 0 Å². The molecule has 1 unspecified atom stereocenters. The minimum Gasteiger partial charge on any atom is -0.318 e. The molecule has 0 radical (unpaired) electrons. The van der Waals surface area contributed by atoms with Crippen LogP contribution in [0.15, 0.2) is 0 Å². The molecule has 0 aromatic heterocycles. The number of Topliss-reactive ketones (excluding diaryl/α,β-unsaturated/α-hetero) is 2. The van der Waals surface area contributed by atoms with Crippen LogP contribution >= 0.6 is 0 Å². The molecule has 0 aromatic rings. The molecule has 10 heavy (non-hydrogen) atoms. The van der Waals surface area contributed by atoms with Gasteiger partial charge < -0.3 is 4.90 Å². The van der Waals surface area contributed by atoms with Crippen molar-refractivity contribution in [1.29, 1.82) is 0 Å². The van der Waals surface area contributed by atoms with Gasteiger partial charge in [0.05, 0.1) is 13.0 Å². The second kappa shape index (κ2) is 1.45. The zero-order chi connectivity index (χ0) is 7.30. The number of amides is 1. The quantitative estimate of drug-likeness (QED) is 0.393. The summed E-state index contributed by atoms with van der Waals surface area (Å²) in [5, 5.41) is 0. The minimum absolute atomic E-state index is 0.0730. The Morgan fingerprint density at radius 1 is 1.20 bits per heavy atom. The summed E-state index contributed by atoms with van der Waals surface area (Å²) in [5.41, 5.74) is 0. The Kier molecular flexibility index (Phi) is 0.809. The summed E-state index contributed by atoms with van der Waals surface area (Å²) in [4.78, 5) is 33.5. The zero-order valence-corrected chi connectivity index (χ0v) is 5.16. The lowest BCUT2D eigenvalue weighted by molar-refractivity contribution is -0.147. The van der Waals surface area contributed by atoms with E-state index in [0.717, 1.165) is 0 Å². The SMILES string of the molecule is O=C1CC(=O)N2CC(=O)C12. The second-order valence-electron chi connectivity index (χ2n) is 2.53. The van der Waals surface area contributed by atoms with Crippen LogP contribution in [0, 0.1) is 0 Å². The summed E-state index contributed by atoms with van der Waals surface area (Å²) >= 11 is 0. The van der Waals surface area contributed by atoms with Crippen molar-refractivity contribution in [2.24, 2.45) is 0 Å². The first-order valence-electron chi connectivity index (χ1n) is 3.05. The summed E-state index contributed by atoms with van der Waals surface area (Å²) in [6.45, 7) is 0.148. The van der Waals surface area contributed by atoms with Crippen LogP contribution in [0.3, 0.4) is 0 Å². The minimum atomic E-state index is -0.688. The molecule has 0 aliphatic carbocycles. The third-order valence-electron chi connectivity index (χ3n) is 1.89. The van der Waals surface area contributed by atoms with Crippen molar-refractivity contribution in [1.82, 2.24) is 4.90 Å². The van der Waals surface area contributed by atoms with Crippen molar-refractivity contribution in [3.63, 3.8) is 0 Å². The van der Waals surface area contributed by atoms with Crippen molar-refractivity contribution >= 4 is 17.5 Å². The molecule has 2 rings (SSSR count). The molecule has 4 nitrogen and oxygen atoms in total. The lowest BCUT2D eigenvalue weighted by Crippen LogP contribution is -2.56. The molecule has 4 heteroatoms. The molecule has 1 atom stereocenters. The summed E-state index contributed by atoms with van der Waals surface area (Å²) in [7, 11) is 0. The highest BCUT2D eigenvalue weighted by atomic mass is 16.2. The van der Waals surface area contributed by atoms with Crippen LogP contribution in [0.4, 0.5) is 0 Å². The van der Waals surface area contributed by atoms with E-state index in [0.29, 0.717) is 0 Å². The molecule has 2 heterocycles. The number of carbonyl (C=O) groups excluding carboxylic acids is 3. The molecule has 1 amide bonds. The molecule has 0 aromatic carbocycles. The fourth-order valence-corrected chi connectivity index (χ4v) is 1.34. The van der Waals surface area contributed by atoms with Crippen molar-refractivity contribution < 1.29 is 14.4 Å². The summed E-state index contributed by atoms with van der Waals surface area (Å²) < 4.78 is 0. The maximum Gasteiger partial charge on any atom is 0.231 e. The number of nitrogens with zero attached hydrogens (tertiary/aromatic N) is 1. The van der Waals surface area contributed by atoms with Gasteiger partial charge in [-0.3, -0.25) is 14.4 Å². The number of fused-ring (bicyclic) bond motifs is 1. The van der Waals surface area contributed by atoms with Gasteiger partial charge in [0.25, 0.3) is 0 Å². The Bertz CT molecular complexity index is 245. The molecule has 52 valence electrons. The monoisotopic (exact) mass is 139 g/mol. The van der Waals surface area contributed by atoms with Crippen LogP contribution in [0.1, 0.15) is 6.42 Å². The van der Waals surface area contributed by atoms with Gasteiger partial charge in [-0.2, -0.15) is 0 Å². The third-order valence-corrected chi connectivity index (χ3v) is 1.89. The molecule has 0 N–H and O–H groups in total. The van der Waals surface area contributed by atoms with E-state index in [2.05, 4.69) is 0 Å². The van der Waals surface area contributed by atoms with E-state index < -0.39 is 6.04 Å². The standard InChI is InChI=1S/C6H5NO3/c8-3-1-5(10)7-2-4(9)6(3)7/h6H,1-2H2. The predicted octanol–water partition coefficient (Wildman–Crippen LogP) is -1.26. The van der Waals surface area contributed by atoms with Gasteiger partial charge in [0.15, 0.2) is 17.6 Å². The Balaban J connectivity index is 2.31. The Hall–Kier alpha value is -1.19. The molecule has 0 saturated carbocycles. The molecule has 2 fully saturated rings. The van der Waals surface area contributed by atoms with Gasteiger partial charge in [-0.15, -0.1) is 0 Å². The van der Waals surface area contributed by atoms with Gasteiger partial charge in [0, 0.05) is 0 Å². The second-order valence-corrected chi connectivity index (χ2v) is 2.53. The van der Waals surface area contributed by atoms with E-state index in [1.54, 1.807) is 0 Å². The molecular weight excluding hydrogens is 134 g/mol. The van der Waals surface area contributed by atoms with Crippen LogP contribution in [0.2, 0.25) is 0 Å². The van der Waals surface area contributed by atoms with E-state index in [1.807, 2.05) is 0 Å². The maximum atomic E-state index is 10.8. The smallest absolute Gasteiger partial charge is 0.231 e. The van der Waals surface area contributed by atoms with E-state index >= 15 is 0 Å². The number of hydrogen-bond donors (Lipinski definition) is 0. The topological polar surface area (TPSA) is 54.5 Å².